The number of nitrogens with one attached hydrogen (secondary N) is 1. The average Bonchev–Trinajstić information content (AvgIpc) is 2.39. The van der Waals surface area contributed by atoms with Gasteiger partial charge in [0.25, 0.3) is 0 Å². The molecule has 1 rings (SSSR count). The van der Waals surface area contributed by atoms with Crippen molar-refractivity contribution in [3.8, 4) is 0 Å². The molecule has 1 aromatic carbocycles. The summed E-state index contributed by atoms with van der Waals surface area (Å²) in [5.41, 5.74) is 3.87. The highest BCUT2D eigenvalue weighted by atomic mass is 19.1. The van der Waals surface area contributed by atoms with E-state index >= 15 is 0 Å². The lowest BCUT2D eigenvalue weighted by molar-refractivity contribution is 0.0882. The smallest absolute Gasteiger partial charge is 0.123 e. The molecule has 4 heteroatoms. The first-order chi connectivity index (χ1) is 9.00. The van der Waals surface area contributed by atoms with Gasteiger partial charge in [-0.1, -0.05) is 26.0 Å². The number of likely N-dealkylation sites (N-methyl/N-ethyl adjacent to an activating group) is 1. The van der Waals surface area contributed by atoms with Gasteiger partial charge in [0.1, 0.15) is 5.82 Å². The van der Waals surface area contributed by atoms with Crippen LogP contribution in [0.2, 0.25) is 0 Å². The Balaban J connectivity index is 2.98. The maximum absolute atomic E-state index is 13.3. The zero-order chi connectivity index (χ0) is 14.5. The van der Waals surface area contributed by atoms with Gasteiger partial charge in [-0.05, 0) is 51.1 Å². The van der Waals surface area contributed by atoms with Gasteiger partial charge in [-0.2, -0.15) is 0 Å². The van der Waals surface area contributed by atoms with Gasteiger partial charge in [-0.15, -0.1) is 0 Å². The number of hydrazine groups is 1. The SMILES string of the molecule is CCC(CC)(C(Cc1cccc(F)c1)NN)N(C)C. The fourth-order valence-electron chi connectivity index (χ4n) is 2.99. The topological polar surface area (TPSA) is 41.3 Å². The van der Waals surface area contributed by atoms with Gasteiger partial charge >= 0.3 is 0 Å². The summed E-state index contributed by atoms with van der Waals surface area (Å²) in [6.07, 6.45) is 2.69. The molecule has 19 heavy (non-hydrogen) atoms. The predicted octanol–water partition coefficient (Wildman–Crippen LogP) is 2.32. The predicted molar refractivity (Wildman–Crippen MR) is 78.2 cm³/mol. The van der Waals surface area contributed by atoms with Crippen LogP contribution in [0.5, 0.6) is 0 Å². The van der Waals surface area contributed by atoms with Crippen LogP contribution in [0.4, 0.5) is 4.39 Å². The van der Waals surface area contributed by atoms with Crippen LogP contribution in [0, 0.1) is 5.82 Å². The molecule has 0 aromatic heterocycles. The normalized spacial score (nSPS) is 13.8. The third kappa shape index (κ3) is 3.53. The minimum Gasteiger partial charge on any atom is -0.302 e. The first kappa shape index (κ1) is 16.1. The van der Waals surface area contributed by atoms with Crippen LogP contribution < -0.4 is 11.3 Å². The Morgan fingerprint density at radius 2 is 1.95 bits per heavy atom. The highest BCUT2D eigenvalue weighted by Gasteiger charge is 2.37. The monoisotopic (exact) mass is 267 g/mol. The van der Waals surface area contributed by atoms with E-state index in [2.05, 4.69) is 38.3 Å². The Labute approximate surface area is 116 Å². The van der Waals surface area contributed by atoms with Crippen molar-refractivity contribution in [1.82, 2.24) is 10.3 Å². The lowest BCUT2D eigenvalue weighted by atomic mass is 9.80. The molecule has 0 aliphatic heterocycles. The summed E-state index contributed by atoms with van der Waals surface area (Å²) in [6, 6.07) is 6.81. The second kappa shape index (κ2) is 6.98. The molecule has 0 radical (unpaired) electrons. The second-order valence-electron chi connectivity index (χ2n) is 5.26. The Morgan fingerprint density at radius 1 is 1.32 bits per heavy atom. The Kier molecular flexibility index (Phi) is 5.91. The minimum atomic E-state index is -0.197. The molecule has 0 bridgehead atoms. The standard InChI is InChI=1S/C15H26FN3/c1-5-15(6-2,19(3)4)14(18-17)11-12-8-7-9-13(16)10-12/h7-10,14,18H,5-6,11,17H2,1-4H3. The van der Waals surface area contributed by atoms with Crippen molar-refractivity contribution in [2.24, 2.45) is 5.84 Å². The van der Waals surface area contributed by atoms with Crippen molar-refractivity contribution in [2.45, 2.75) is 44.7 Å². The molecule has 0 aliphatic carbocycles. The van der Waals surface area contributed by atoms with Crippen LogP contribution in [0.1, 0.15) is 32.3 Å². The van der Waals surface area contributed by atoms with E-state index in [4.69, 9.17) is 5.84 Å². The van der Waals surface area contributed by atoms with Gasteiger partial charge in [0.2, 0.25) is 0 Å². The summed E-state index contributed by atoms with van der Waals surface area (Å²) in [7, 11) is 4.14. The van der Waals surface area contributed by atoms with E-state index in [-0.39, 0.29) is 17.4 Å². The van der Waals surface area contributed by atoms with Crippen molar-refractivity contribution in [1.29, 1.82) is 0 Å². The molecule has 3 N–H and O–H groups in total. The van der Waals surface area contributed by atoms with Crippen LogP contribution in [0.3, 0.4) is 0 Å². The molecule has 0 fully saturated rings. The van der Waals surface area contributed by atoms with E-state index in [9.17, 15) is 4.39 Å². The molecule has 1 atom stereocenters. The van der Waals surface area contributed by atoms with Gasteiger partial charge in [0.15, 0.2) is 0 Å². The van der Waals surface area contributed by atoms with E-state index in [0.29, 0.717) is 6.42 Å². The van der Waals surface area contributed by atoms with Gasteiger partial charge < -0.3 is 4.90 Å². The quantitative estimate of drug-likeness (QED) is 0.588. The summed E-state index contributed by atoms with van der Waals surface area (Å²) >= 11 is 0. The molecule has 108 valence electrons. The summed E-state index contributed by atoms with van der Waals surface area (Å²) in [6.45, 7) is 4.33. The molecule has 0 aliphatic rings. The molecule has 1 aromatic rings. The van der Waals surface area contributed by atoms with Crippen LogP contribution >= 0.6 is 0 Å². The number of nitrogens with zero attached hydrogens (tertiary/aromatic N) is 1. The Bertz CT molecular complexity index is 389. The summed E-state index contributed by atoms with van der Waals surface area (Å²) in [5, 5.41) is 0. The second-order valence-corrected chi connectivity index (χ2v) is 5.26. The molecule has 0 spiro atoms. The average molecular weight is 267 g/mol. The zero-order valence-corrected chi connectivity index (χ0v) is 12.4. The van der Waals surface area contributed by atoms with Gasteiger partial charge in [-0.25, -0.2) is 4.39 Å². The lowest BCUT2D eigenvalue weighted by Gasteiger charge is -2.45. The molecule has 0 saturated carbocycles. The number of hydrogen-bond acceptors (Lipinski definition) is 3. The number of benzene rings is 1. The van der Waals surface area contributed by atoms with E-state index in [1.807, 2.05) is 6.07 Å². The molecule has 1 unspecified atom stereocenters. The van der Waals surface area contributed by atoms with E-state index < -0.39 is 0 Å². The van der Waals surface area contributed by atoms with Gasteiger partial charge in [0, 0.05) is 11.6 Å². The maximum Gasteiger partial charge on any atom is 0.123 e. The Morgan fingerprint density at radius 3 is 2.37 bits per heavy atom. The van der Waals surface area contributed by atoms with Crippen molar-refractivity contribution in [3.05, 3.63) is 35.6 Å². The molecule has 0 saturated heterocycles. The first-order valence-corrected chi connectivity index (χ1v) is 6.88. The number of hydrogen-bond donors (Lipinski definition) is 2. The fourth-order valence-corrected chi connectivity index (χ4v) is 2.99. The number of rotatable bonds is 7. The number of nitrogens with two attached hydrogens (primary N) is 1. The van der Waals surface area contributed by atoms with Gasteiger partial charge in [0.05, 0.1) is 0 Å². The first-order valence-electron chi connectivity index (χ1n) is 6.88. The summed E-state index contributed by atoms with van der Waals surface area (Å²) in [4.78, 5) is 2.22. The molecule has 3 nitrogen and oxygen atoms in total. The van der Waals surface area contributed by atoms with Gasteiger partial charge in [-0.3, -0.25) is 11.3 Å². The molecular formula is C15H26FN3. The molecule has 0 amide bonds. The Hall–Kier alpha value is -0.970. The van der Waals surface area contributed by atoms with Crippen LogP contribution in [0.25, 0.3) is 0 Å². The van der Waals surface area contributed by atoms with E-state index in [0.717, 1.165) is 18.4 Å². The summed E-state index contributed by atoms with van der Waals surface area (Å²) in [5.74, 6) is 5.57. The van der Waals surface area contributed by atoms with Crippen LogP contribution in [-0.2, 0) is 6.42 Å². The largest absolute Gasteiger partial charge is 0.302 e. The number of halogens is 1. The molecule has 0 heterocycles. The van der Waals surface area contributed by atoms with Crippen LogP contribution in [-0.4, -0.2) is 30.6 Å². The fraction of sp³-hybridized carbons (Fsp3) is 0.600. The molecular weight excluding hydrogens is 241 g/mol. The maximum atomic E-state index is 13.3. The minimum absolute atomic E-state index is 0.0267. The highest BCUT2D eigenvalue weighted by molar-refractivity contribution is 5.19. The van der Waals surface area contributed by atoms with Crippen molar-refractivity contribution in [2.75, 3.05) is 14.1 Å². The summed E-state index contributed by atoms with van der Waals surface area (Å²) < 4.78 is 13.3. The van der Waals surface area contributed by atoms with E-state index in [1.165, 1.54) is 6.07 Å². The van der Waals surface area contributed by atoms with Crippen molar-refractivity contribution >= 4 is 0 Å². The van der Waals surface area contributed by atoms with Crippen LogP contribution in [0.15, 0.2) is 24.3 Å². The zero-order valence-electron chi connectivity index (χ0n) is 12.4. The highest BCUT2D eigenvalue weighted by Crippen LogP contribution is 2.27. The van der Waals surface area contributed by atoms with E-state index in [1.54, 1.807) is 12.1 Å². The third-order valence-electron chi connectivity index (χ3n) is 4.29. The van der Waals surface area contributed by atoms with Crippen molar-refractivity contribution in [3.63, 3.8) is 0 Å². The van der Waals surface area contributed by atoms with Crippen molar-refractivity contribution < 1.29 is 4.39 Å². The lowest BCUT2D eigenvalue weighted by Crippen LogP contribution is -2.61. The third-order valence-corrected chi connectivity index (χ3v) is 4.29.